The van der Waals surface area contributed by atoms with Crippen molar-refractivity contribution in [1.82, 2.24) is 4.57 Å². The van der Waals surface area contributed by atoms with Crippen molar-refractivity contribution in [2.75, 3.05) is 0 Å². The van der Waals surface area contributed by atoms with Gasteiger partial charge in [0.05, 0.1) is 0 Å². The van der Waals surface area contributed by atoms with Crippen LogP contribution in [0.1, 0.15) is 75.3 Å². The fourth-order valence-electron chi connectivity index (χ4n) is 5.61. The zero-order valence-electron chi connectivity index (χ0n) is 18.5. The molecule has 1 unspecified atom stereocenters. The number of nitrogens with zero attached hydrogens (tertiary/aromatic N) is 1. The van der Waals surface area contributed by atoms with Crippen LogP contribution in [-0.4, -0.2) is 16.7 Å². The van der Waals surface area contributed by atoms with Crippen molar-refractivity contribution in [1.29, 1.82) is 0 Å². The average Bonchev–Trinajstić information content (AvgIpc) is 3.18. The first-order valence-corrected chi connectivity index (χ1v) is 11.9. The quantitative estimate of drug-likeness (QED) is 0.400. The Kier molecular flexibility index (Phi) is 5.94. The Balaban J connectivity index is 1.58. The lowest BCUT2D eigenvalue weighted by Crippen LogP contribution is -2.17. The highest BCUT2D eigenvalue weighted by Gasteiger charge is 2.31. The molecule has 1 atom stereocenters. The van der Waals surface area contributed by atoms with Gasteiger partial charge in [0.15, 0.2) is 0 Å². The number of aromatic nitrogens is 1. The van der Waals surface area contributed by atoms with E-state index < -0.39 is 6.36 Å². The first-order chi connectivity index (χ1) is 15.9. The van der Waals surface area contributed by atoms with Crippen molar-refractivity contribution in [3.63, 3.8) is 0 Å². The van der Waals surface area contributed by atoms with Crippen molar-refractivity contribution in [2.24, 2.45) is 0 Å². The standard InChI is InChI=1S/C27H28F3NO2/c28-27(29,30)33-23-11-5-6-18(15-23)19-12-13-26-24(16-19)25(20-7-4-10-22(32)14-20)17-31(26)21-8-2-1-3-9-21/h5-6,11-13,15-17,20-21H,1-4,7-10,14H2. The fourth-order valence-corrected chi connectivity index (χ4v) is 5.61. The molecule has 0 N–H and O–H groups in total. The first-order valence-electron chi connectivity index (χ1n) is 11.9. The SMILES string of the molecule is O=C1CCCC(c2cn(C3CCCCC3)c3ccc(-c4cccc(OC(F)(F)F)c4)cc23)C1. The van der Waals surface area contributed by atoms with Crippen molar-refractivity contribution < 1.29 is 22.7 Å². The van der Waals surface area contributed by atoms with E-state index in [1.165, 1.54) is 37.0 Å². The molecule has 0 radical (unpaired) electrons. The number of Topliss-reactive ketones (excluding diaryl/α,β-unsaturated/α-hetero) is 1. The maximum atomic E-state index is 12.7. The normalized spacial score (nSPS) is 20.3. The van der Waals surface area contributed by atoms with E-state index in [1.54, 1.807) is 12.1 Å². The Morgan fingerprint density at radius 1 is 0.909 bits per heavy atom. The molecule has 2 aromatic carbocycles. The lowest BCUT2D eigenvalue weighted by molar-refractivity contribution is -0.274. The molecule has 0 aliphatic heterocycles. The smallest absolute Gasteiger partial charge is 0.406 e. The molecule has 2 saturated carbocycles. The van der Waals surface area contributed by atoms with Crippen LogP contribution in [0.4, 0.5) is 13.2 Å². The van der Waals surface area contributed by atoms with Gasteiger partial charge in [0.1, 0.15) is 11.5 Å². The monoisotopic (exact) mass is 455 g/mol. The van der Waals surface area contributed by atoms with Crippen LogP contribution in [-0.2, 0) is 4.79 Å². The van der Waals surface area contributed by atoms with Crippen LogP contribution in [0.2, 0.25) is 0 Å². The third-order valence-electron chi connectivity index (χ3n) is 7.16. The van der Waals surface area contributed by atoms with E-state index >= 15 is 0 Å². The van der Waals surface area contributed by atoms with Gasteiger partial charge in [-0.2, -0.15) is 0 Å². The Labute approximate surface area is 191 Å². The molecule has 33 heavy (non-hydrogen) atoms. The van der Waals surface area contributed by atoms with E-state index in [-0.39, 0.29) is 11.7 Å². The topological polar surface area (TPSA) is 31.2 Å². The van der Waals surface area contributed by atoms with Crippen molar-refractivity contribution in [3.8, 4) is 16.9 Å². The number of carbonyl (C=O) groups excluding carboxylic acids is 1. The number of hydrogen-bond donors (Lipinski definition) is 0. The summed E-state index contributed by atoms with van der Waals surface area (Å²) in [5, 5.41) is 1.11. The van der Waals surface area contributed by atoms with Gasteiger partial charge in [-0.15, -0.1) is 13.2 Å². The van der Waals surface area contributed by atoms with Gasteiger partial charge in [-0.05, 0) is 72.6 Å². The molecule has 1 heterocycles. The third-order valence-corrected chi connectivity index (χ3v) is 7.16. The van der Waals surface area contributed by atoms with E-state index in [9.17, 15) is 18.0 Å². The van der Waals surface area contributed by atoms with E-state index in [0.29, 0.717) is 30.2 Å². The van der Waals surface area contributed by atoms with Gasteiger partial charge in [-0.25, -0.2) is 0 Å². The van der Waals surface area contributed by atoms with E-state index in [4.69, 9.17) is 0 Å². The molecule has 2 aliphatic carbocycles. The second kappa shape index (κ2) is 8.88. The number of fused-ring (bicyclic) bond motifs is 1. The molecule has 0 spiro atoms. The van der Waals surface area contributed by atoms with Crippen LogP contribution in [0.5, 0.6) is 5.75 Å². The molecule has 0 saturated heterocycles. The lowest BCUT2D eigenvalue weighted by atomic mass is 9.83. The predicted octanol–water partition coefficient (Wildman–Crippen LogP) is 7.94. The number of carbonyl (C=O) groups is 1. The maximum absolute atomic E-state index is 12.7. The molecule has 6 heteroatoms. The number of halogens is 3. The van der Waals surface area contributed by atoms with Gasteiger partial charge in [0.25, 0.3) is 0 Å². The number of alkyl halides is 3. The lowest BCUT2D eigenvalue weighted by Gasteiger charge is -2.24. The van der Waals surface area contributed by atoms with E-state index in [1.807, 2.05) is 6.07 Å². The summed E-state index contributed by atoms with van der Waals surface area (Å²) >= 11 is 0. The maximum Gasteiger partial charge on any atom is 0.573 e. The Bertz CT molecular complexity index is 1160. The predicted molar refractivity (Wildman–Crippen MR) is 122 cm³/mol. The molecule has 1 aromatic heterocycles. The van der Waals surface area contributed by atoms with Crippen molar-refractivity contribution in [3.05, 3.63) is 54.2 Å². The number of rotatable bonds is 4. The van der Waals surface area contributed by atoms with Crippen LogP contribution < -0.4 is 4.74 Å². The minimum Gasteiger partial charge on any atom is -0.406 e. The Morgan fingerprint density at radius 3 is 2.45 bits per heavy atom. The van der Waals surface area contributed by atoms with E-state index in [0.717, 1.165) is 42.1 Å². The van der Waals surface area contributed by atoms with Crippen molar-refractivity contribution in [2.45, 2.75) is 76.1 Å². The molecule has 2 fully saturated rings. The van der Waals surface area contributed by atoms with Crippen LogP contribution in [0.25, 0.3) is 22.0 Å². The molecule has 174 valence electrons. The Morgan fingerprint density at radius 2 is 1.70 bits per heavy atom. The van der Waals surface area contributed by atoms with Crippen molar-refractivity contribution >= 4 is 16.7 Å². The van der Waals surface area contributed by atoms with E-state index in [2.05, 4.69) is 27.6 Å². The largest absolute Gasteiger partial charge is 0.573 e. The summed E-state index contributed by atoms with van der Waals surface area (Å²) in [6.45, 7) is 0. The zero-order valence-corrected chi connectivity index (χ0v) is 18.5. The van der Waals surface area contributed by atoms with Gasteiger partial charge < -0.3 is 9.30 Å². The highest BCUT2D eigenvalue weighted by Crippen LogP contribution is 2.41. The highest BCUT2D eigenvalue weighted by molar-refractivity contribution is 5.90. The number of hydrogen-bond acceptors (Lipinski definition) is 2. The molecular weight excluding hydrogens is 427 g/mol. The summed E-state index contributed by atoms with van der Waals surface area (Å²) in [6.07, 6.45) is 6.73. The molecule has 0 amide bonds. The molecule has 3 aromatic rings. The highest BCUT2D eigenvalue weighted by atomic mass is 19.4. The van der Waals surface area contributed by atoms with Gasteiger partial charge in [-0.1, -0.05) is 37.5 Å². The number of ether oxygens (including phenoxy) is 1. The van der Waals surface area contributed by atoms with Crippen LogP contribution >= 0.6 is 0 Å². The Hall–Kier alpha value is -2.76. The van der Waals surface area contributed by atoms with Crippen LogP contribution in [0.3, 0.4) is 0 Å². The molecule has 5 rings (SSSR count). The molecular formula is C27H28F3NO2. The molecule has 0 bridgehead atoms. The van der Waals surface area contributed by atoms with Gasteiger partial charge >= 0.3 is 6.36 Å². The minimum atomic E-state index is -4.72. The summed E-state index contributed by atoms with van der Waals surface area (Å²) in [6, 6.07) is 12.7. The van der Waals surface area contributed by atoms with Gasteiger partial charge in [-0.3, -0.25) is 4.79 Å². The second-order valence-electron chi connectivity index (χ2n) is 9.42. The van der Waals surface area contributed by atoms with Gasteiger partial charge in [0, 0.05) is 36.0 Å². The van der Waals surface area contributed by atoms with Crippen LogP contribution in [0, 0.1) is 0 Å². The van der Waals surface area contributed by atoms with Gasteiger partial charge in [0.2, 0.25) is 0 Å². The number of benzene rings is 2. The summed E-state index contributed by atoms with van der Waals surface area (Å²) in [5.41, 5.74) is 3.88. The number of ketones is 1. The zero-order chi connectivity index (χ0) is 23.0. The fraction of sp³-hybridized carbons (Fsp3) is 0.444. The minimum absolute atomic E-state index is 0.203. The molecule has 3 nitrogen and oxygen atoms in total. The summed E-state index contributed by atoms with van der Waals surface area (Å²) < 4.78 is 44.6. The molecule has 2 aliphatic rings. The first kappa shape index (κ1) is 22.1. The summed E-state index contributed by atoms with van der Waals surface area (Å²) in [5.74, 6) is 0.296. The third kappa shape index (κ3) is 4.80. The van der Waals surface area contributed by atoms with Crippen LogP contribution in [0.15, 0.2) is 48.7 Å². The average molecular weight is 456 g/mol. The second-order valence-corrected chi connectivity index (χ2v) is 9.42. The summed E-state index contributed by atoms with van der Waals surface area (Å²) in [4.78, 5) is 12.2. The summed E-state index contributed by atoms with van der Waals surface area (Å²) in [7, 11) is 0.